The smallest absolute Gasteiger partial charge is 0.294 e. The lowest BCUT2D eigenvalue weighted by Crippen LogP contribution is -2.30. The van der Waals surface area contributed by atoms with Gasteiger partial charge in [-0.2, -0.15) is 5.10 Å². The summed E-state index contributed by atoms with van der Waals surface area (Å²) in [4.78, 5) is 33.8. The number of hydrogen-bond acceptors (Lipinski definition) is 7. The number of thiophene rings is 1. The van der Waals surface area contributed by atoms with E-state index in [0.717, 1.165) is 52.6 Å². The van der Waals surface area contributed by atoms with E-state index in [1.165, 1.54) is 16.0 Å². The minimum absolute atomic E-state index is 0.167. The number of hydrogen-bond donors (Lipinski definition) is 1. The highest BCUT2D eigenvalue weighted by molar-refractivity contribution is 7.23. The second kappa shape index (κ2) is 8.84. The Morgan fingerprint density at radius 3 is 2.78 bits per heavy atom. The first-order valence-corrected chi connectivity index (χ1v) is 12.4. The molecule has 1 aliphatic heterocycles. The van der Waals surface area contributed by atoms with E-state index in [-0.39, 0.29) is 18.0 Å². The number of nitrogens with zero attached hydrogens (tertiary/aromatic N) is 4. The number of carbonyl (C=O) groups excluding carboxylic acids is 1. The van der Waals surface area contributed by atoms with Gasteiger partial charge in [-0.1, -0.05) is 36.5 Å². The average molecular weight is 466 g/mol. The summed E-state index contributed by atoms with van der Waals surface area (Å²) >= 11 is 3.07. The summed E-state index contributed by atoms with van der Waals surface area (Å²) in [6, 6.07) is 11.6. The fraction of sp³-hybridized carbons (Fsp3) is 0.304. The van der Waals surface area contributed by atoms with E-state index in [0.29, 0.717) is 16.9 Å². The number of carbonyl (C=O) groups is 1. The lowest BCUT2D eigenvalue weighted by atomic mass is 10.1. The van der Waals surface area contributed by atoms with Gasteiger partial charge in [-0.15, -0.1) is 11.3 Å². The van der Waals surface area contributed by atoms with E-state index in [1.807, 2.05) is 41.8 Å². The predicted octanol–water partition coefficient (Wildman–Crippen LogP) is 4.38. The van der Waals surface area contributed by atoms with E-state index in [1.54, 1.807) is 11.3 Å². The number of anilines is 2. The Bertz CT molecular complexity index is 1320. The molecule has 0 bridgehead atoms. The van der Waals surface area contributed by atoms with Crippen LogP contribution in [0.4, 0.5) is 10.8 Å². The van der Waals surface area contributed by atoms with Gasteiger partial charge in [0.05, 0.1) is 9.58 Å². The van der Waals surface area contributed by atoms with Gasteiger partial charge >= 0.3 is 0 Å². The molecule has 0 atom stereocenters. The van der Waals surface area contributed by atoms with Crippen molar-refractivity contribution < 1.29 is 4.79 Å². The second-order valence-corrected chi connectivity index (χ2v) is 9.68. The highest BCUT2D eigenvalue weighted by Gasteiger charge is 2.23. The maximum atomic E-state index is 13.2. The van der Waals surface area contributed by atoms with Crippen molar-refractivity contribution in [2.24, 2.45) is 0 Å². The molecule has 1 aromatic carbocycles. The van der Waals surface area contributed by atoms with Crippen LogP contribution in [0.1, 0.15) is 25.3 Å². The molecule has 1 aliphatic rings. The molecule has 1 amide bonds. The number of rotatable bonds is 6. The zero-order valence-electron chi connectivity index (χ0n) is 17.7. The molecule has 7 nitrogen and oxygen atoms in total. The standard InChI is InChI=1S/C23H23N5O2S2/c1-2-15-7-5-8-16(13-15)24-18(29)14-28-22(30)20-21(19(26-28)17-9-6-12-31-17)32-23(25-20)27-10-3-4-11-27/h5-9,12-13H,2-4,10-11,14H2,1H3,(H,24,29). The molecule has 9 heteroatoms. The van der Waals surface area contributed by atoms with Crippen LogP contribution >= 0.6 is 22.7 Å². The maximum absolute atomic E-state index is 13.2. The molecule has 5 rings (SSSR count). The molecule has 4 heterocycles. The van der Waals surface area contributed by atoms with Crippen LogP contribution in [-0.2, 0) is 17.8 Å². The number of nitrogens with one attached hydrogen (secondary N) is 1. The second-order valence-electron chi connectivity index (χ2n) is 7.76. The molecule has 1 fully saturated rings. The molecule has 0 aliphatic carbocycles. The third-order valence-corrected chi connectivity index (χ3v) is 7.53. The Hall–Kier alpha value is -3.04. The first-order chi connectivity index (χ1) is 15.6. The Labute approximate surface area is 193 Å². The first kappa shape index (κ1) is 20.8. The minimum atomic E-state index is -0.334. The van der Waals surface area contributed by atoms with Gasteiger partial charge in [0.15, 0.2) is 10.6 Å². The lowest BCUT2D eigenvalue weighted by molar-refractivity contribution is -0.117. The summed E-state index contributed by atoms with van der Waals surface area (Å²) in [5.41, 5.74) is 2.61. The molecular formula is C23H23N5O2S2. The summed E-state index contributed by atoms with van der Waals surface area (Å²) in [5.74, 6) is -0.292. The van der Waals surface area contributed by atoms with E-state index in [2.05, 4.69) is 27.2 Å². The van der Waals surface area contributed by atoms with Crippen LogP contribution in [0.3, 0.4) is 0 Å². The van der Waals surface area contributed by atoms with Crippen LogP contribution in [0.25, 0.3) is 20.8 Å². The van der Waals surface area contributed by atoms with Gasteiger partial charge in [0.1, 0.15) is 12.2 Å². The molecule has 3 aromatic heterocycles. The quantitative estimate of drug-likeness (QED) is 0.457. The fourth-order valence-corrected chi connectivity index (χ4v) is 5.77. The summed E-state index contributed by atoms with van der Waals surface area (Å²) in [6.45, 7) is 3.81. The van der Waals surface area contributed by atoms with E-state index in [4.69, 9.17) is 0 Å². The zero-order valence-corrected chi connectivity index (χ0v) is 19.3. The van der Waals surface area contributed by atoms with Crippen molar-refractivity contribution in [1.29, 1.82) is 0 Å². The molecule has 164 valence electrons. The van der Waals surface area contributed by atoms with Crippen LogP contribution in [-0.4, -0.2) is 33.8 Å². The van der Waals surface area contributed by atoms with Crippen LogP contribution in [0.2, 0.25) is 0 Å². The van der Waals surface area contributed by atoms with Crippen molar-refractivity contribution in [3.8, 4) is 10.6 Å². The molecule has 0 radical (unpaired) electrons. The molecule has 1 saturated heterocycles. The van der Waals surface area contributed by atoms with Gasteiger partial charge < -0.3 is 10.2 Å². The largest absolute Gasteiger partial charge is 0.348 e. The van der Waals surface area contributed by atoms with E-state index in [9.17, 15) is 9.59 Å². The minimum Gasteiger partial charge on any atom is -0.348 e. The molecular weight excluding hydrogens is 442 g/mol. The molecule has 0 saturated carbocycles. The van der Waals surface area contributed by atoms with Gasteiger partial charge in [0.25, 0.3) is 5.56 Å². The Kier molecular flexibility index (Phi) is 5.75. The summed E-state index contributed by atoms with van der Waals surface area (Å²) in [7, 11) is 0. The van der Waals surface area contributed by atoms with Crippen molar-refractivity contribution in [3.63, 3.8) is 0 Å². The Balaban J connectivity index is 1.51. The van der Waals surface area contributed by atoms with Gasteiger partial charge in [-0.05, 0) is 48.4 Å². The average Bonchev–Trinajstić information content (AvgIpc) is 3.56. The van der Waals surface area contributed by atoms with Gasteiger partial charge in [-0.3, -0.25) is 9.59 Å². The topological polar surface area (TPSA) is 80.1 Å². The number of aryl methyl sites for hydroxylation is 1. The van der Waals surface area contributed by atoms with E-state index >= 15 is 0 Å². The number of thiazole rings is 1. The summed E-state index contributed by atoms with van der Waals surface area (Å²) < 4.78 is 2.02. The first-order valence-electron chi connectivity index (χ1n) is 10.7. The van der Waals surface area contributed by atoms with Crippen LogP contribution in [0.5, 0.6) is 0 Å². The number of aromatic nitrogens is 3. The predicted molar refractivity (Wildman–Crippen MR) is 131 cm³/mol. The number of fused-ring (bicyclic) bond motifs is 1. The van der Waals surface area contributed by atoms with Crippen molar-refractivity contribution in [2.45, 2.75) is 32.7 Å². The Morgan fingerprint density at radius 1 is 1.19 bits per heavy atom. The molecule has 1 N–H and O–H groups in total. The van der Waals surface area contributed by atoms with Crippen molar-refractivity contribution in [2.75, 3.05) is 23.3 Å². The monoisotopic (exact) mass is 465 g/mol. The highest BCUT2D eigenvalue weighted by atomic mass is 32.1. The molecule has 32 heavy (non-hydrogen) atoms. The molecule has 0 unspecified atom stereocenters. The third-order valence-electron chi connectivity index (χ3n) is 5.53. The SMILES string of the molecule is CCc1cccc(NC(=O)Cn2nc(-c3cccs3)c3sc(N4CCCC4)nc3c2=O)c1. The normalized spacial score (nSPS) is 13.7. The highest BCUT2D eigenvalue weighted by Crippen LogP contribution is 2.36. The van der Waals surface area contributed by atoms with Crippen molar-refractivity contribution in [3.05, 3.63) is 57.7 Å². The maximum Gasteiger partial charge on any atom is 0.294 e. The summed E-state index contributed by atoms with van der Waals surface area (Å²) in [6.07, 6.45) is 3.15. The fourth-order valence-electron chi connectivity index (χ4n) is 3.88. The third kappa shape index (κ3) is 4.05. The lowest BCUT2D eigenvalue weighted by Gasteiger charge is -2.11. The number of amides is 1. The van der Waals surface area contributed by atoms with Crippen molar-refractivity contribution in [1.82, 2.24) is 14.8 Å². The van der Waals surface area contributed by atoms with Crippen LogP contribution in [0.15, 0.2) is 46.6 Å². The van der Waals surface area contributed by atoms with Gasteiger partial charge in [-0.25, -0.2) is 9.67 Å². The van der Waals surface area contributed by atoms with Crippen LogP contribution in [0, 0.1) is 0 Å². The summed E-state index contributed by atoms with van der Waals surface area (Å²) in [5, 5.41) is 10.3. The van der Waals surface area contributed by atoms with Gasteiger partial charge in [0, 0.05) is 18.8 Å². The van der Waals surface area contributed by atoms with Crippen molar-refractivity contribution >= 4 is 49.6 Å². The van der Waals surface area contributed by atoms with Gasteiger partial charge in [0.2, 0.25) is 5.91 Å². The molecule has 0 spiro atoms. The number of benzene rings is 1. The van der Waals surface area contributed by atoms with Crippen LogP contribution < -0.4 is 15.8 Å². The van der Waals surface area contributed by atoms with E-state index < -0.39 is 0 Å². The zero-order chi connectivity index (χ0) is 22.1. The Morgan fingerprint density at radius 2 is 2.03 bits per heavy atom. The molecule has 4 aromatic rings.